The molecule has 0 atom stereocenters. The van der Waals surface area contributed by atoms with Gasteiger partial charge in [0.25, 0.3) is 0 Å². The molecule has 2 heterocycles. The molecule has 5 rings (SSSR count). The minimum Gasteiger partial charge on any atom is -0.462 e. The molecule has 31 heavy (non-hydrogen) atoms. The second kappa shape index (κ2) is 7.91. The second-order valence-electron chi connectivity index (χ2n) is 6.94. The van der Waals surface area contributed by atoms with Crippen LogP contribution in [0.2, 0.25) is 0 Å². The van der Waals surface area contributed by atoms with Gasteiger partial charge in [-0.2, -0.15) is 0 Å². The molecule has 0 unspecified atom stereocenters. The lowest BCUT2D eigenvalue weighted by Crippen LogP contribution is -2.05. The minimum absolute atomic E-state index is 0.327. The van der Waals surface area contributed by atoms with Crippen LogP contribution in [0.3, 0.4) is 0 Å². The summed E-state index contributed by atoms with van der Waals surface area (Å²) in [5, 5.41) is 0. The van der Waals surface area contributed by atoms with Crippen molar-refractivity contribution in [3.63, 3.8) is 0 Å². The van der Waals surface area contributed by atoms with Crippen LogP contribution in [0, 0.1) is 0 Å². The van der Waals surface area contributed by atoms with Crippen LogP contribution in [0.25, 0.3) is 27.9 Å². The van der Waals surface area contributed by atoms with Crippen molar-refractivity contribution < 1.29 is 14.3 Å². The Morgan fingerprint density at radius 1 is 0.968 bits per heavy atom. The Morgan fingerprint density at radius 2 is 1.74 bits per heavy atom. The van der Waals surface area contributed by atoms with Gasteiger partial charge in [-0.05, 0) is 61.5 Å². The third kappa shape index (κ3) is 3.59. The summed E-state index contributed by atoms with van der Waals surface area (Å²) in [6, 6.07) is 22.7. The Morgan fingerprint density at radius 3 is 2.52 bits per heavy atom. The molecule has 0 bridgehead atoms. The van der Waals surface area contributed by atoms with Gasteiger partial charge in [0.05, 0.1) is 23.2 Å². The van der Waals surface area contributed by atoms with Gasteiger partial charge in [-0.3, -0.25) is 4.40 Å². The van der Waals surface area contributed by atoms with Gasteiger partial charge in [0.1, 0.15) is 17.2 Å². The van der Waals surface area contributed by atoms with E-state index in [1.807, 2.05) is 71.3 Å². The second-order valence-corrected chi connectivity index (χ2v) is 6.94. The molecular formula is C25H19N3O3. The van der Waals surface area contributed by atoms with E-state index in [4.69, 9.17) is 14.5 Å². The number of aromatic nitrogens is 3. The largest absolute Gasteiger partial charge is 0.462 e. The molecule has 0 amide bonds. The lowest BCUT2D eigenvalue weighted by molar-refractivity contribution is 0.0526. The van der Waals surface area contributed by atoms with Gasteiger partial charge in [0.2, 0.25) is 0 Å². The lowest BCUT2D eigenvalue weighted by Gasteiger charge is -2.10. The first-order chi connectivity index (χ1) is 15.2. The summed E-state index contributed by atoms with van der Waals surface area (Å²) in [6.07, 6.45) is 3.63. The molecule has 6 nitrogen and oxygen atoms in total. The number of hydrogen-bond acceptors (Lipinski definition) is 5. The zero-order valence-electron chi connectivity index (χ0n) is 16.9. The highest BCUT2D eigenvalue weighted by Gasteiger charge is 2.14. The van der Waals surface area contributed by atoms with Crippen LogP contribution >= 0.6 is 0 Å². The van der Waals surface area contributed by atoms with E-state index in [0.29, 0.717) is 17.7 Å². The molecule has 5 aromatic rings. The minimum atomic E-state index is -0.360. The van der Waals surface area contributed by atoms with Crippen LogP contribution in [0.1, 0.15) is 17.3 Å². The molecule has 6 heteroatoms. The molecule has 0 fully saturated rings. The molecule has 152 valence electrons. The molecule has 0 radical (unpaired) electrons. The summed E-state index contributed by atoms with van der Waals surface area (Å²) in [4.78, 5) is 21.5. The number of nitrogens with zero attached hydrogens (tertiary/aromatic N) is 3. The van der Waals surface area contributed by atoms with Gasteiger partial charge in [-0.1, -0.05) is 18.2 Å². The van der Waals surface area contributed by atoms with Crippen LogP contribution in [0.4, 0.5) is 0 Å². The quantitative estimate of drug-likeness (QED) is 0.358. The summed E-state index contributed by atoms with van der Waals surface area (Å²) in [6.45, 7) is 2.11. The topological polar surface area (TPSA) is 65.7 Å². The number of carbonyl (C=O) groups excluding carboxylic acids is 1. The number of fused-ring (bicyclic) bond motifs is 3. The van der Waals surface area contributed by atoms with E-state index >= 15 is 0 Å². The molecule has 0 saturated heterocycles. The van der Waals surface area contributed by atoms with Crippen molar-refractivity contribution in [2.75, 3.05) is 6.61 Å². The SMILES string of the molecule is CCOC(=O)c1ccc2c(c1)nc(-c1ccc(Oc3ccccc3)cc1)c1nccn12. The van der Waals surface area contributed by atoms with E-state index in [1.165, 1.54) is 0 Å². The lowest BCUT2D eigenvalue weighted by atomic mass is 10.1. The van der Waals surface area contributed by atoms with Gasteiger partial charge >= 0.3 is 5.97 Å². The monoisotopic (exact) mass is 409 g/mol. The van der Waals surface area contributed by atoms with E-state index in [9.17, 15) is 4.79 Å². The summed E-state index contributed by atoms with van der Waals surface area (Å²) in [5.74, 6) is 1.15. The Labute approximate surface area is 178 Å². The molecule has 0 aliphatic rings. The van der Waals surface area contributed by atoms with Gasteiger partial charge in [0, 0.05) is 18.0 Å². The highest BCUT2D eigenvalue weighted by molar-refractivity contribution is 5.95. The number of ether oxygens (including phenoxy) is 2. The van der Waals surface area contributed by atoms with E-state index < -0.39 is 0 Å². The fraction of sp³-hybridized carbons (Fsp3) is 0.0800. The van der Waals surface area contributed by atoms with Crippen molar-refractivity contribution in [2.24, 2.45) is 0 Å². The molecular weight excluding hydrogens is 390 g/mol. The van der Waals surface area contributed by atoms with Gasteiger partial charge < -0.3 is 9.47 Å². The van der Waals surface area contributed by atoms with Gasteiger partial charge in [-0.25, -0.2) is 14.8 Å². The maximum atomic E-state index is 12.2. The molecule has 3 aromatic carbocycles. The number of carbonyl (C=O) groups is 1. The number of para-hydroxylation sites is 1. The highest BCUT2D eigenvalue weighted by Crippen LogP contribution is 2.29. The Bertz CT molecular complexity index is 1380. The Balaban J connectivity index is 1.56. The smallest absolute Gasteiger partial charge is 0.338 e. The van der Waals surface area contributed by atoms with Gasteiger partial charge in [-0.15, -0.1) is 0 Å². The molecule has 0 N–H and O–H groups in total. The van der Waals surface area contributed by atoms with Crippen molar-refractivity contribution in [1.29, 1.82) is 0 Å². The molecule has 2 aromatic heterocycles. The number of benzene rings is 3. The van der Waals surface area contributed by atoms with Crippen molar-refractivity contribution in [3.8, 4) is 22.8 Å². The molecule has 0 aliphatic carbocycles. The average Bonchev–Trinajstić information content (AvgIpc) is 3.30. The van der Waals surface area contributed by atoms with Crippen LogP contribution in [-0.2, 0) is 4.74 Å². The summed E-state index contributed by atoms with van der Waals surface area (Å²) < 4.78 is 13.0. The molecule has 0 aliphatic heterocycles. The van der Waals surface area contributed by atoms with Crippen LogP contribution in [-0.4, -0.2) is 26.9 Å². The predicted molar refractivity (Wildman–Crippen MR) is 118 cm³/mol. The van der Waals surface area contributed by atoms with Crippen molar-refractivity contribution in [1.82, 2.24) is 14.4 Å². The van der Waals surface area contributed by atoms with Crippen LogP contribution in [0.15, 0.2) is 85.2 Å². The first-order valence-corrected chi connectivity index (χ1v) is 10.0. The number of rotatable bonds is 5. The zero-order valence-corrected chi connectivity index (χ0v) is 16.9. The fourth-order valence-electron chi connectivity index (χ4n) is 3.50. The highest BCUT2D eigenvalue weighted by atomic mass is 16.5. The standard InChI is InChI=1S/C25H19N3O3/c1-2-30-25(29)18-10-13-22-21(16-18)27-23(24-26-14-15-28(22)24)17-8-11-20(12-9-17)31-19-6-4-3-5-7-19/h3-16H,2H2,1H3. The normalized spacial score (nSPS) is 11.0. The fourth-order valence-corrected chi connectivity index (χ4v) is 3.50. The number of esters is 1. The maximum Gasteiger partial charge on any atom is 0.338 e. The predicted octanol–water partition coefficient (Wildman–Crippen LogP) is 5.52. The average molecular weight is 409 g/mol. The van der Waals surface area contributed by atoms with Crippen LogP contribution < -0.4 is 4.74 Å². The zero-order chi connectivity index (χ0) is 21.2. The molecule has 0 saturated carbocycles. The van der Waals surface area contributed by atoms with E-state index in [-0.39, 0.29) is 5.97 Å². The summed E-state index contributed by atoms with van der Waals surface area (Å²) in [5.41, 5.74) is 4.40. The van der Waals surface area contributed by atoms with Crippen LogP contribution in [0.5, 0.6) is 11.5 Å². The van der Waals surface area contributed by atoms with E-state index in [0.717, 1.165) is 33.9 Å². The first-order valence-electron chi connectivity index (χ1n) is 10.0. The third-order valence-corrected chi connectivity index (χ3v) is 4.94. The van der Waals surface area contributed by atoms with E-state index in [2.05, 4.69) is 4.98 Å². The first kappa shape index (κ1) is 18.8. The van der Waals surface area contributed by atoms with E-state index in [1.54, 1.807) is 25.3 Å². The molecule has 0 spiro atoms. The summed E-state index contributed by atoms with van der Waals surface area (Å²) >= 11 is 0. The summed E-state index contributed by atoms with van der Waals surface area (Å²) in [7, 11) is 0. The third-order valence-electron chi connectivity index (χ3n) is 4.94. The Hall–Kier alpha value is -4.19. The number of imidazole rings is 1. The van der Waals surface area contributed by atoms with Crippen molar-refractivity contribution in [2.45, 2.75) is 6.92 Å². The maximum absolute atomic E-state index is 12.2. The van der Waals surface area contributed by atoms with Crippen molar-refractivity contribution in [3.05, 3.63) is 90.8 Å². The Kier molecular flexibility index (Phi) is 4.80. The van der Waals surface area contributed by atoms with Gasteiger partial charge in [0.15, 0.2) is 5.65 Å². The number of hydrogen-bond donors (Lipinski definition) is 0. The van der Waals surface area contributed by atoms with Crippen molar-refractivity contribution >= 4 is 22.6 Å².